The number of rotatable bonds is 6. The van der Waals surface area contributed by atoms with Crippen LogP contribution >= 0.6 is 11.6 Å². The summed E-state index contributed by atoms with van der Waals surface area (Å²) < 4.78 is 1.86. The highest BCUT2D eigenvalue weighted by Gasteiger charge is 2.12. The Morgan fingerprint density at radius 3 is 2.42 bits per heavy atom. The Bertz CT molecular complexity index is 932. The number of aryl methyl sites for hydroxylation is 1. The second-order valence-corrected chi connectivity index (χ2v) is 6.49. The molecule has 3 aromatic rings. The quantitative estimate of drug-likeness (QED) is 0.656. The lowest BCUT2D eigenvalue weighted by molar-refractivity contribution is -0.120. The standard InChI is InChI=1S/C20H20ClN3O2/c1-24-17-5-3-2-4-15(17)13-18(24)20(26)23-11-10-22-19(25)12-14-6-8-16(21)9-7-14/h2-9,13H,10-12H2,1H3,(H,22,25)(H,23,26). The number of carbonyl (C=O) groups excluding carboxylic acids is 2. The van der Waals surface area contributed by atoms with Crippen LogP contribution in [0.15, 0.2) is 54.6 Å². The van der Waals surface area contributed by atoms with Crippen LogP contribution in [0.5, 0.6) is 0 Å². The number of para-hydroxylation sites is 1. The lowest BCUT2D eigenvalue weighted by Gasteiger charge is -2.08. The summed E-state index contributed by atoms with van der Waals surface area (Å²) in [6.07, 6.45) is 0.286. The number of aromatic nitrogens is 1. The molecule has 0 bridgehead atoms. The fraction of sp³-hybridized carbons (Fsp3) is 0.200. The van der Waals surface area contributed by atoms with E-state index < -0.39 is 0 Å². The van der Waals surface area contributed by atoms with Crippen LogP contribution in [0.3, 0.4) is 0 Å². The fourth-order valence-electron chi connectivity index (χ4n) is 2.83. The predicted octanol–water partition coefficient (Wildman–Crippen LogP) is 2.92. The Morgan fingerprint density at radius 1 is 1.00 bits per heavy atom. The van der Waals surface area contributed by atoms with Crippen molar-refractivity contribution in [3.63, 3.8) is 0 Å². The number of carbonyl (C=O) groups is 2. The smallest absolute Gasteiger partial charge is 0.267 e. The third-order valence-electron chi connectivity index (χ3n) is 4.19. The molecule has 26 heavy (non-hydrogen) atoms. The number of amides is 2. The number of nitrogens with one attached hydrogen (secondary N) is 2. The van der Waals surface area contributed by atoms with Crippen LogP contribution in [0.2, 0.25) is 5.02 Å². The zero-order valence-electron chi connectivity index (χ0n) is 14.5. The second kappa shape index (κ2) is 8.06. The second-order valence-electron chi connectivity index (χ2n) is 6.06. The van der Waals surface area contributed by atoms with Crippen molar-refractivity contribution in [1.82, 2.24) is 15.2 Å². The lowest BCUT2D eigenvalue weighted by atomic mass is 10.1. The van der Waals surface area contributed by atoms with Crippen molar-refractivity contribution in [2.24, 2.45) is 7.05 Å². The zero-order valence-corrected chi connectivity index (χ0v) is 15.2. The summed E-state index contributed by atoms with van der Waals surface area (Å²) in [5.41, 5.74) is 2.50. The summed E-state index contributed by atoms with van der Waals surface area (Å²) >= 11 is 5.83. The molecule has 0 aliphatic rings. The van der Waals surface area contributed by atoms with E-state index in [0.717, 1.165) is 16.5 Å². The van der Waals surface area contributed by atoms with Gasteiger partial charge in [0.2, 0.25) is 5.91 Å². The van der Waals surface area contributed by atoms with Gasteiger partial charge in [-0.25, -0.2) is 0 Å². The van der Waals surface area contributed by atoms with E-state index in [4.69, 9.17) is 11.6 Å². The highest BCUT2D eigenvalue weighted by molar-refractivity contribution is 6.30. The van der Waals surface area contributed by atoms with Gasteiger partial charge in [-0.3, -0.25) is 9.59 Å². The van der Waals surface area contributed by atoms with Gasteiger partial charge in [0.15, 0.2) is 0 Å². The van der Waals surface area contributed by atoms with Crippen molar-refractivity contribution in [3.8, 4) is 0 Å². The summed E-state index contributed by atoms with van der Waals surface area (Å²) in [7, 11) is 1.87. The molecular formula is C20H20ClN3O2. The third kappa shape index (κ3) is 4.24. The monoisotopic (exact) mass is 369 g/mol. The van der Waals surface area contributed by atoms with Gasteiger partial charge in [-0.2, -0.15) is 0 Å². The molecule has 134 valence electrons. The van der Waals surface area contributed by atoms with Crippen molar-refractivity contribution in [3.05, 3.63) is 70.9 Å². The number of hydrogen-bond donors (Lipinski definition) is 2. The number of hydrogen-bond acceptors (Lipinski definition) is 2. The maximum absolute atomic E-state index is 12.3. The summed E-state index contributed by atoms with van der Waals surface area (Å²) in [4.78, 5) is 24.3. The lowest BCUT2D eigenvalue weighted by Crippen LogP contribution is -2.35. The van der Waals surface area contributed by atoms with Crippen LogP contribution in [0.1, 0.15) is 16.1 Å². The minimum atomic E-state index is -0.157. The molecule has 6 heteroatoms. The van der Waals surface area contributed by atoms with Gasteiger partial charge < -0.3 is 15.2 Å². The molecule has 0 aliphatic carbocycles. The van der Waals surface area contributed by atoms with E-state index in [0.29, 0.717) is 23.8 Å². The van der Waals surface area contributed by atoms with Gasteiger partial charge in [0.1, 0.15) is 5.69 Å². The average molecular weight is 370 g/mol. The van der Waals surface area contributed by atoms with Gasteiger partial charge in [0.25, 0.3) is 5.91 Å². The maximum atomic E-state index is 12.3. The van der Waals surface area contributed by atoms with Gasteiger partial charge in [-0.15, -0.1) is 0 Å². The topological polar surface area (TPSA) is 63.1 Å². The highest BCUT2D eigenvalue weighted by atomic mass is 35.5. The Kier molecular flexibility index (Phi) is 5.58. The molecular weight excluding hydrogens is 350 g/mol. The summed E-state index contributed by atoms with van der Waals surface area (Å²) in [6.45, 7) is 0.745. The van der Waals surface area contributed by atoms with Crippen molar-refractivity contribution in [2.45, 2.75) is 6.42 Å². The fourth-order valence-corrected chi connectivity index (χ4v) is 2.95. The van der Waals surface area contributed by atoms with Crippen LogP contribution in [0.25, 0.3) is 10.9 Å². The van der Waals surface area contributed by atoms with E-state index in [9.17, 15) is 9.59 Å². The molecule has 0 fully saturated rings. The van der Waals surface area contributed by atoms with E-state index in [-0.39, 0.29) is 18.2 Å². The molecule has 1 heterocycles. The van der Waals surface area contributed by atoms with Gasteiger partial charge in [0, 0.05) is 36.1 Å². The Balaban J connectivity index is 1.46. The molecule has 0 aliphatic heterocycles. The minimum Gasteiger partial charge on any atom is -0.354 e. The molecule has 0 saturated heterocycles. The van der Waals surface area contributed by atoms with E-state index in [1.165, 1.54) is 0 Å². The largest absolute Gasteiger partial charge is 0.354 e. The summed E-state index contributed by atoms with van der Waals surface area (Å²) in [5, 5.41) is 7.30. The highest BCUT2D eigenvalue weighted by Crippen LogP contribution is 2.18. The Labute approximate surface area is 157 Å². The molecule has 3 rings (SSSR count). The van der Waals surface area contributed by atoms with Gasteiger partial charge >= 0.3 is 0 Å². The zero-order chi connectivity index (χ0) is 18.5. The Morgan fingerprint density at radius 2 is 1.69 bits per heavy atom. The molecule has 0 spiro atoms. The van der Waals surface area contributed by atoms with E-state index in [1.54, 1.807) is 12.1 Å². The first-order valence-corrected chi connectivity index (χ1v) is 8.76. The van der Waals surface area contributed by atoms with Crippen LogP contribution in [0, 0.1) is 0 Å². The first kappa shape index (κ1) is 18.0. The third-order valence-corrected chi connectivity index (χ3v) is 4.45. The van der Waals surface area contributed by atoms with E-state index >= 15 is 0 Å². The molecule has 0 unspecified atom stereocenters. The SMILES string of the molecule is Cn1c(C(=O)NCCNC(=O)Cc2ccc(Cl)cc2)cc2ccccc21. The average Bonchev–Trinajstić information content (AvgIpc) is 2.98. The van der Waals surface area contributed by atoms with Crippen molar-refractivity contribution < 1.29 is 9.59 Å². The van der Waals surface area contributed by atoms with E-state index in [1.807, 2.05) is 54.1 Å². The van der Waals surface area contributed by atoms with Crippen LogP contribution < -0.4 is 10.6 Å². The van der Waals surface area contributed by atoms with Crippen LogP contribution in [-0.2, 0) is 18.3 Å². The van der Waals surface area contributed by atoms with Gasteiger partial charge in [-0.1, -0.05) is 41.9 Å². The molecule has 2 N–H and O–H groups in total. The van der Waals surface area contributed by atoms with Crippen molar-refractivity contribution >= 4 is 34.3 Å². The van der Waals surface area contributed by atoms with E-state index in [2.05, 4.69) is 10.6 Å². The first-order chi connectivity index (χ1) is 12.5. The Hall–Kier alpha value is -2.79. The number of benzene rings is 2. The summed E-state index contributed by atoms with van der Waals surface area (Å²) in [6, 6.07) is 16.9. The number of fused-ring (bicyclic) bond motifs is 1. The van der Waals surface area contributed by atoms with Gasteiger partial charge in [-0.05, 0) is 29.8 Å². The summed E-state index contributed by atoms with van der Waals surface area (Å²) in [5.74, 6) is -0.248. The maximum Gasteiger partial charge on any atom is 0.267 e. The molecule has 1 aromatic heterocycles. The molecule has 0 saturated carbocycles. The molecule has 2 aromatic carbocycles. The van der Waals surface area contributed by atoms with Crippen LogP contribution in [-0.4, -0.2) is 29.5 Å². The van der Waals surface area contributed by atoms with Crippen LogP contribution in [0.4, 0.5) is 0 Å². The molecule has 0 radical (unpaired) electrons. The first-order valence-electron chi connectivity index (χ1n) is 8.38. The van der Waals surface area contributed by atoms with Crippen molar-refractivity contribution in [2.75, 3.05) is 13.1 Å². The number of nitrogens with zero attached hydrogens (tertiary/aromatic N) is 1. The molecule has 2 amide bonds. The number of halogens is 1. The van der Waals surface area contributed by atoms with Gasteiger partial charge in [0.05, 0.1) is 6.42 Å². The molecule has 0 atom stereocenters. The minimum absolute atomic E-state index is 0.0915. The molecule has 5 nitrogen and oxygen atoms in total. The normalized spacial score (nSPS) is 10.7. The predicted molar refractivity (Wildman–Crippen MR) is 103 cm³/mol. The van der Waals surface area contributed by atoms with Crippen molar-refractivity contribution in [1.29, 1.82) is 0 Å².